The summed E-state index contributed by atoms with van der Waals surface area (Å²) < 4.78 is 27.5. The molecule has 1 unspecified atom stereocenters. The van der Waals surface area contributed by atoms with Crippen LogP contribution in [-0.2, 0) is 31.6 Å². The fraction of sp³-hybridized carbons (Fsp3) is 0.600. The molecule has 1 N–H and O–H groups in total. The van der Waals surface area contributed by atoms with Crippen LogP contribution in [0, 0.1) is 17.8 Å². The van der Waals surface area contributed by atoms with Crippen LogP contribution < -0.4 is 9.62 Å². The number of hydrogen-bond acceptors (Lipinski definition) is 4. The highest BCUT2D eigenvalue weighted by Crippen LogP contribution is 2.60. The molecule has 0 spiro atoms. The van der Waals surface area contributed by atoms with Crippen LogP contribution in [0.5, 0.6) is 0 Å². The monoisotopic (exact) mass is 673 g/mol. The summed E-state index contributed by atoms with van der Waals surface area (Å²) in [5, 5.41) is 3.96. The highest BCUT2D eigenvalue weighted by atomic mass is 35.5. The summed E-state index contributed by atoms with van der Waals surface area (Å²) in [6, 6.07) is 12.1. The van der Waals surface area contributed by atoms with Crippen LogP contribution in [0.1, 0.15) is 88.7 Å². The number of rotatable bonds is 10. The highest BCUT2D eigenvalue weighted by molar-refractivity contribution is 7.92. The van der Waals surface area contributed by atoms with Gasteiger partial charge in [-0.1, -0.05) is 60.7 Å². The molecule has 5 saturated carbocycles. The molecule has 10 heteroatoms. The van der Waals surface area contributed by atoms with Crippen molar-refractivity contribution in [2.24, 2.45) is 17.8 Å². The molecule has 7 rings (SSSR count). The van der Waals surface area contributed by atoms with E-state index in [9.17, 15) is 18.0 Å². The SMILES string of the molecule is CC(C(=O)NC1CCCCC1)N(Cc1ccc(Cl)cc1Cl)C(=O)CN(c1ccc(C23CC4CC(CC(C4)C2)C3)cc1)S(C)(=O)=O. The first kappa shape index (κ1) is 32.6. The number of benzene rings is 2. The Morgan fingerprint density at radius 3 is 2.09 bits per heavy atom. The summed E-state index contributed by atoms with van der Waals surface area (Å²) in [5.41, 5.74) is 2.55. The van der Waals surface area contributed by atoms with Crippen molar-refractivity contribution in [2.75, 3.05) is 17.1 Å². The third-order valence-corrected chi connectivity index (χ3v) is 12.7. The number of carbonyl (C=O) groups is 2. The molecule has 2 aromatic carbocycles. The van der Waals surface area contributed by atoms with Gasteiger partial charge in [0.2, 0.25) is 21.8 Å². The van der Waals surface area contributed by atoms with Crippen molar-refractivity contribution in [3.63, 3.8) is 0 Å². The van der Waals surface area contributed by atoms with Crippen molar-refractivity contribution in [1.82, 2.24) is 10.2 Å². The number of carbonyl (C=O) groups excluding carboxylic acids is 2. The molecule has 244 valence electrons. The van der Waals surface area contributed by atoms with Gasteiger partial charge < -0.3 is 10.2 Å². The minimum Gasteiger partial charge on any atom is -0.352 e. The standard InChI is InChI=1S/C35H45Cl2N3O4S/c1-23(34(42)38-30-6-4-3-5-7-30)39(21-27-8-11-29(36)17-32(27)37)33(41)22-40(45(2,43)44)31-12-9-28(10-13-31)35-18-24-14-25(19-35)16-26(15-24)20-35/h8-13,17,23-26,30H,3-7,14-16,18-22H2,1-2H3,(H,38,42). The average Bonchev–Trinajstić information content (AvgIpc) is 2.98. The fourth-order valence-electron chi connectivity index (χ4n) is 9.04. The molecule has 2 aromatic rings. The van der Waals surface area contributed by atoms with Crippen LogP contribution >= 0.6 is 23.2 Å². The predicted octanol–water partition coefficient (Wildman–Crippen LogP) is 7.09. The number of nitrogens with one attached hydrogen (secondary N) is 1. The Morgan fingerprint density at radius 1 is 0.933 bits per heavy atom. The van der Waals surface area contributed by atoms with Crippen molar-refractivity contribution >= 4 is 50.7 Å². The van der Waals surface area contributed by atoms with E-state index in [1.54, 1.807) is 25.1 Å². The maximum absolute atomic E-state index is 14.1. The Balaban J connectivity index is 1.23. The van der Waals surface area contributed by atoms with Crippen LogP contribution in [0.3, 0.4) is 0 Å². The maximum atomic E-state index is 14.1. The Labute approximate surface area is 278 Å². The number of nitrogens with zero attached hydrogens (tertiary/aromatic N) is 2. The molecular weight excluding hydrogens is 629 g/mol. The van der Waals surface area contributed by atoms with Gasteiger partial charge in [-0.3, -0.25) is 13.9 Å². The maximum Gasteiger partial charge on any atom is 0.244 e. The third kappa shape index (κ3) is 7.18. The van der Waals surface area contributed by atoms with E-state index in [2.05, 4.69) is 17.4 Å². The number of anilines is 1. The molecule has 0 aromatic heterocycles. The third-order valence-electron chi connectivity index (χ3n) is 11.0. The van der Waals surface area contributed by atoms with E-state index in [0.29, 0.717) is 21.3 Å². The summed E-state index contributed by atoms with van der Waals surface area (Å²) in [5.74, 6) is 1.67. The second-order valence-corrected chi connectivity index (χ2v) is 17.0. The van der Waals surface area contributed by atoms with E-state index in [4.69, 9.17) is 23.2 Å². The summed E-state index contributed by atoms with van der Waals surface area (Å²) in [6.45, 7) is 1.30. The molecule has 0 heterocycles. The van der Waals surface area contributed by atoms with E-state index >= 15 is 0 Å². The Kier molecular flexibility index (Phi) is 9.48. The average molecular weight is 675 g/mol. The minimum absolute atomic E-state index is 0.0383. The molecule has 4 bridgehead atoms. The number of amides is 2. The van der Waals surface area contributed by atoms with E-state index in [1.807, 2.05) is 12.1 Å². The molecule has 1 atom stereocenters. The van der Waals surface area contributed by atoms with Gasteiger partial charge in [0.1, 0.15) is 12.6 Å². The molecule has 5 fully saturated rings. The summed E-state index contributed by atoms with van der Waals surface area (Å²) in [6.07, 6.45) is 14.0. The quantitative estimate of drug-likeness (QED) is 0.292. The van der Waals surface area contributed by atoms with Gasteiger partial charge in [-0.05, 0) is 117 Å². The predicted molar refractivity (Wildman–Crippen MR) is 180 cm³/mol. The van der Waals surface area contributed by atoms with Gasteiger partial charge >= 0.3 is 0 Å². The lowest BCUT2D eigenvalue weighted by Crippen LogP contribution is -2.53. The van der Waals surface area contributed by atoms with Gasteiger partial charge in [0, 0.05) is 22.6 Å². The van der Waals surface area contributed by atoms with Gasteiger partial charge in [0.15, 0.2) is 0 Å². The molecule has 45 heavy (non-hydrogen) atoms. The lowest BCUT2D eigenvalue weighted by molar-refractivity contribution is -0.139. The van der Waals surface area contributed by atoms with E-state index in [1.165, 1.54) is 49.0 Å². The van der Waals surface area contributed by atoms with Gasteiger partial charge in [-0.15, -0.1) is 0 Å². The van der Waals surface area contributed by atoms with Gasteiger partial charge in [-0.25, -0.2) is 8.42 Å². The first-order valence-electron chi connectivity index (χ1n) is 16.5. The molecule has 5 aliphatic rings. The Morgan fingerprint density at radius 2 is 1.53 bits per heavy atom. The van der Waals surface area contributed by atoms with Crippen LogP contribution in [0.4, 0.5) is 5.69 Å². The van der Waals surface area contributed by atoms with E-state index in [0.717, 1.165) is 60.4 Å². The zero-order chi connectivity index (χ0) is 31.9. The number of sulfonamides is 1. The molecular formula is C35H45Cl2N3O4S. The minimum atomic E-state index is -3.82. The molecule has 5 aliphatic carbocycles. The van der Waals surface area contributed by atoms with Gasteiger partial charge in [0.05, 0.1) is 11.9 Å². The largest absolute Gasteiger partial charge is 0.352 e. The van der Waals surface area contributed by atoms with Crippen molar-refractivity contribution in [3.8, 4) is 0 Å². The van der Waals surface area contributed by atoms with Crippen LogP contribution in [0.15, 0.2) is 42.5 Å². The lowest BCUT2D eigenvalue weighted by Gasteiger charge is -2.57. The van der Waals surface area contributed by atoms with E-state index in [-0.39, 0.29) is 23.9 Å². The molecule has 2 amide bonds. The van der Waals surface area contributed by atoms with Gasteiger partial charge in [-0.2, -0.15) is 0 Å². The van der Waals surface area contributed by atoms with Crippen molar-refractivity contribution < 1.29 is 18.0 Å². The first-order valence-corrected chi connectivity index (χ1v) is 19.1. The van der Waals surface area contributed by atoms with E-state index < -0.39 is 28.5 Å². The summed E-state index contributed by atoms with van der Waals surface area (Å²) >= 11 is 12.6. The normalized spacial score (nSPS) is 26.8. The van der Waals surface area contributed by atoms with Crippen molar-refractivity contribution in [1.29, 1.82) is 0 Å². The lowest BCUT2D eigenvalue weighted by atomic mass is 9.48. The summed E-state index contributed by atoms with van der Waals surface area (Å²) in [7, 11) is -3.82. The zero-order valence-corrected chi connectivity index (χ0v) is 28.6. The second kappa shape index (κ2) is 13.1. The fourth-order valence-corrected chi connectivity index (χ4v) is 10.4. The number of halogens is 2. The smallest absolute Gasteiger partial charge is 0.244 e. The zero-order valence-electron chi connectivity index (χ0n) is 26.3. The molecule has 0 aliphatic heterocycles. The molecule has 7 nitrogen and oxygen atoms in total. The number of hydrogen-bond donors (Lipinski definition) is 1. The van der Waals surface area contributed by atoms with Crippen LogP contribution in [0.25, 0.3) is 0 Å². The molecule has 0 saturated heterocycles. The Hall–Kier alpha value is -2.29. The van der Waals surface area contributed by atoms with Crippen molar-refractivity contribution in [2.45, 2.75) is 102 Å². The first-order chi connectivity index (χ1) is 21.4. The van der Waals surface area contributed by atoms with Gasteiger partial charge in [0.25, 0.3) is 0 Å². The highest BCUT2D eigenvalue weighted by Gasteiger charge is 2.51. The van der Waals surface area contributed by atoms with Crippen LogP contribution in [-0.4, -0.2) is 50.0 Å². The van der Waals surface area contributed by atoms with Crippen LogP contribution in [0.2, 0.25) is 10.0 Å². The van der Waals surface area contributed by atoms with Crippen molar-refractivity contribution in [3.05, 3.63) is 63.6 Å². The molecule has 0 radical (unpaired) electrons. The second-order valence-electron chi connectivity index (χ2n) is 14.3. The Bertz CT molecular complexity index is 1490. The summed E-state index contributed by atoms with van der Waals surface area (Å²) in [4.78, 5) is 28.9. The topological polar surface area (TPSA) is 86.8 Å².